The van der Waals surface area contributed by atoms with Crippen molar-refractivity contribution in [3.63, 3.8) is 0 Å². The summed E-state index contributed by atoms with van der Waals surface area (Å²) >= 11 is 0. The fraction of sp³-hybridized carbons (Fsp3) is 0.667. The van der Waals surface area contributed by atoms with Gasteiger partial charge in [0.25, 0.3) is 0 Å². The van der Waals surface area contributed by atoms with Gasteiger partial charge < -0.3 is 5.32 Å². The number of hydrogen-bond acceptors (Lipinski definition) is 1. The number of rotatable bonds is 3. The van der Waals surface area contributed by atoms with E-state index in [1.54, 1.807) is 5.57 Å². The molecule has 0 spiro atoms. The molecule has 1 rings (SSSR count). The number of hydrogen-bond donors (Lipinski definition) is 1. The smallest absolute Gasteiger partial charge is 0.00431 e. The van der Waals surface area contributed by atoms with Crippen LogP contribution >= 0.6 is 0 Å². The molecule has 1 aliphatic heterocycles. The van der Waals surface area contributed by atoms with Gasteiger partial charge in [0, 0.05) is 0 Å². The molecule has 0 saturated carbocycles. The Bertz CT molecular complexity index is 185. The Hall–Kier alpha value is -0.560. The summed E-state index contributed by atoms with van der Waals surface area (Å²) in [6.45, 7) is 6.68. The second kappa shape index (κ2) is 5.98. The quantitative estimate of drug-likeness (QED) is 0.657. The van der Waals surface area contributed by atoms with Crippen LogP contribution in [0.15, 0.2) is 23.8 Å². The van der Waals surface area contributed by atoms with Crippen LogP contribution in [0.1, 0.15) is 33.1 Å². The van der Waals surface area contributed by atoms with Gasteiger partial charge in [-0.15, -0.1) is 0 Å². The van der Waals surface area contributed by atoms with Gasteiger partial charge >= 0.3 is 0 Å². The van der Waals surface area contributed by atoms with Crippen LogP contribution < -0.4 is 5.32 Å². The highest BCUT2D eigenvalue weighted by Crippen LogP contribution is 2.22. The molecule has 1 heteroatoms. The van der Waals surface area contributed by atoms with E-state index in [9.17, 15) is 0 Å². The summed E-state index contributed by atoms with van der Waals surface area (Å²) in [6.07, 6.45) is 10.6. The maximum absolute atomic E-state index is 3.40. The lowest BCUT2D eigenvalue weighted by molar-refractivity contribution is 0.424. The van der Waals surface area contributed by atoms with Crippen molar-refractivity contribution in [1.29, 1.82) is 0 Å². The first-order chi connectivity index (χ1) is 6.38. The molecule has 0 unspecified atom stereocenters. The normalized spacial score (nSPS) is 21.2. The summed E-state index contributed by atoms with van der Waals surface area (Å²) in [5, 5.41) is 3.40. The number of nitrogens with one attached hydrogen (secondary N) is 1. The van der Waals surface area contributed by atoms with Gasteiger partial charge in [-0.25, -0.2) is 0 Å². The molecule has 1 fully saturated rings. The Morgan fingerprint density at radius 1 is 1.38 bits per heavy atom. The van der Waals surface area contributed by atoms with Gasteiger partial charge in [0.15, 0.2) is 0 Å². The maximum atomic E-state index is 3.40. The minimum Gasteiger partial charge on any atom is -0.317 e. The third-order valence-electron chi connectivity index (χ3n) is 2.61. The molecule has 1 saturated heterocycles. The molecule has 0 aromatic rings. The van der Waals surface area contributed by atoms with E-state index in [0.717, 1.165) is 12.3 Å². The molecule has 0 amide bonds. The zero-order valence-corrected chi connectivity index (χ0v) is 8.84. The fourth-order valence-corrected chi connectivity index (χ4v) is 1.95. The second-order valence-electron chi connectivity index (χ2n) is 3.64. The third kappa shape index (κ3) is 3.35. The van der Waals surface area contributed by atoms with Gasteiger partial charge in [0.1, 0.15) is 0 Å². The van der Waals surface area contributed by atoms with Crippen LogP contribution in [0.25, 0.3) is 0 Å². The molecule has 0 aromatic heterocycles. The van der Waals surface area contributed by atoms with E-state index < -0.39 is 0 Å². The van der Waals surface area contributed by atoms with E-state index in [1.165, 1.54) is 25.9 Å². The van der Waals surface area contributed by atoms with E-state index >= 15 is 0 Å². The van der Waals surface area contributed by atoms with Crippen LogP contribution in [0.5, 0.6) is 0 Å². The molecule has 1 aliphatic rings. The molecule has 0 radical (unpaired) electrons. The van der Waals surface area contributed by atoms with Gasteiger partial charge in [-0.2, -0.15) is 0 Å². The van der Waals surface area contributed by atoms with Gasteiger partial charge in [-0.1, -0.05) is 25.2 Å². The van der Waals surface area contributed by atoms with Crippen LogP contribution in [0.4, 0.5) is 0 Å². The molecule has 1 nitrogen and oxygen atoms in total. The number of piperidine rings is 1. The first-order valence-corrected chi connectivity index (χ1v) is 5.42. The van der Waals surface area contributed by atoms with Crippen LogP contribution in [-0.4, -0.2) is 13.1 Å². The highest BCUT2D eigenvalue weighted by Gasteiger charge is 2.14. The average Bonchev–Trinajstić information content (AvgIpc) is 2.19. The first kappa shape index (κ1) is 10.5. The lowest BCUT2D eigenvalue weighted by atomic mass is 9.89. The van der Waals surface area contributed by atoms with E-state index in [-0.39, 0.29) is 0 Å². The van der Waals surface area contributed by atoms with Crippen molar-refractivity contribution in [2.45, 2.75) is 33.1 Å². The average molecular weight is 179 g/mol. The van der Waals surface area contributed by atoms with Crippen molar-refractivity contribution in [3.8, 4) is 0 Å². The Kier molecular flexibility index (Phi) is 4.84. The van der Waals surface area contributed by atoms with Crippen molar-refractivity contribution in [2.24, 2.45) is 5.92 Å². The van der Waals surface area contributed by atoms with E-state index in [2.05, 4.69) is 37.4 Å². The lowest BCUT2D eigenvalue weighted by Crippen LogP contribution is -2.28. The Morgan fingerprint density at radius 2 is 2.08 bits per heavy atom. The summed E-state index contributed by atoms with van der Waals surface area (Å²) in [5.74, 6) is 0.803. The minimum absolute atomic E-state index is 0.803. The van der Waals surface area contributed by atoms with Crippen molar-refractivity contribution < 1.29 is 0 Å². The molecule has 0 bridgehead atoms. The third-order valence-corrected chi connectivity index (χ3v) is 2.61. The standard InChI is InChI=1S/C12H21N/c1-3-5-11(6-4-2)12-7-9-13-10-8-12/h3,5-6,12-13H,4,7-10H2,1-2H3. The SMILES string of the molecule is CC=CC(=CCC)C1CCNCC1. The van der Waals surface area contributed by atoms with Crippen LogP contribution in [0.2, 0.25) is 0 Å². The zero-order valence-electron chi connectivity index (χ0n) is 8.84. The predicted octanol–water partition coefficient (Wildman–Crippen LogP) is 2.90. The molecule has 0 atom stereocenters. The van der Waals surface area contributed by atoms with E-state index in [0.29, 0.717) is 0 Å². The molecule has 13 heavy (non-hydrogen) atoms. The molecule has 0 aromatic carbocycles. The zero-order chi connectivity index (χ0) is 9.52. The number of allylic oxidation sites excluding steroid dienone is 4. The maximum Gasteiger partial charge on any atom is -0.00431 e. The molecular weight excluding hydrogens is 158 g/mol. The lowest BCUT2D eigenvalue weighted by Gasteiger charge is -2.23. The summed E-state index contributed by atoms with van der Waals surface area (Å²) in [6, 6.07) is 0. The Morgan fingerprint density at radius 3 is 2.62 bits per heavy atom. The van der Waals surface area contributed by atoms with Crippen molar-refractivity contribution in [3.05, 3.63) is 23.8 Å². The highest BCUT2D eigenvalue weighted by molar-refractivity contribution is 5.21. The second-order valence-corrected chi connectivity index (χ2v) is 3.64. The first-order valence-electron chi connectivity index (χ1n) is 5.42. The van der Waals surface area contributed by atoms with Gasteiger partial charge in [0.2, 0.25) is 0 Å². The highest BCUT2D eigenvalue weighted by atomic mass is 14.9. The monoisotopic (exact) mass is 179 g/mol. The predicted molar refractivity (Wildman–Crippen MR) is 58.8 cm³/mol. The van der Waals surface area contributed by atoms with Crippen LogP contribution in [-0.2, 0) is 0 Å². The molecular formula is C12H21N. The topological polar surface area (TPSA) is 12.0 Å². The minimum atomic E-state index is 0.803. The van der Waals surface area contributed by atoms with E-state index in [4.69, 9.17) is 0 Å². The Balaban J connectivity index is 2.57. The van der Waals surface area contributed by atoms with Gasteiger partial charge in [-0.3, -0.25) is 0 Å². The van der Waals surface area contributed by atoms with Gasteiger partial charge in [-0.05, 0) is 50.8 Å². The summed E-state index contributed by atoms with van der Waals surface area (Å²) in [5.41, 5.74) is 1.55. The largest absolute Gasteiger partial charge is 0.317 e. The summed E-state index contributed by atoms with van der Waals surface area (Å²) < 4.78 is 0. The summed E-state index contributed by atoms with van der Waals surface area (Å²) in [4.78, 5) is 0. The van der Waals surface area contributed by atoms with Crippen molar-refractivity contribution in [1.82, 2.24) is 5.32 Å². The Labute approximate surface area is 81.9 Å². The van der Waals surface area contributed by atoms with Gasteiger partial charge in [0.05, 0.1) is 0 Å². The fourth-order valence-electron chi connectivity index (χ4n) is 1.95. The molecule has 1 N–H and O–H groups in total. The van der Waals surface area contributed by atoms with Crippen molar-refractivity contribution >= 4 is 0 Å². The van der Waals surface area contributed by atoms with Crippen LogP contribution in [0.3, 0.4) is 0 Å². The molecule has 1 heterocycles. The van der Waals surface area contributed by atoms with E-state index in [1.807, 2.05) is 0 Å². The molecule has 0 aliphatic carbocycles. The van der Waals surface area contributed by atoms with Crippen LogP contribution in [0, 0.1) is 5.92 Å². The summed E-state index contributed by atoms with van der Waals surface area (Å²) in [7, 11) is 0. The molecule has 74 valence electrons. The van der Waals surface area contributed by atoms with Crippen molar-refractivity contribution in [2.75, 3.05) is 13.1 Å².